The minimum Gasteiger partial charge on any atom is -0.338 e. The highest BCUT2D eigenvalue weighted by Gasteiger charge is 2.17. The van der Waals surface area contributed by atoms with Crippen LogP contribution in [0.5, 0.6) is 0 Å². The smallest absolute Gasteiger partial charge is 0.272 e. The summed E-state index contributed by atoms with van der Waals surface area (Å²) in [6.07, 6.45) is 0. The number of nitrogens with one attached hydrogen (secondary N) is 1. The van der Waals surface area contributed by atoms with Crippen LogP contribution in [0, 0.1) is 18.6 Å². The van der Waals surface area contributed by atoms with E-state index in [4.69, 9.17) is 0 Å². The molecule has 7 heteroatoms. The number of carbonyl (C=O) groups is 1. The average Bonchev–Trinajstić information content (AvgIpc) is 2.51. The first-order valence-corrected chi connectivity index (χ1v) is 7.32. The van der Waals surface area contributed by atoms with Gasteiger partial charge < -0.3 is 10.2 Å². The number of halogens is 2. The van der Waals surface area contributed by atoms with Crippen molar-refractivity contribution < 1.29 is 13.6 Å². The lowest BCUT2D eigenvalue weighted by molar-refractivity contribution is 0.0766. The summed E-state index contributed by atoms with van der Waals surface area (Å²) in [7, 11) is 0. The normalized spacial score (nSPS) is 10.5. The monoisotopic (exact) mass is 320 g/mol. The molecule has 1 aromatic heterocycles. The molecule has 5 nitrogen and oxygen atoms in total. The van der Waals surface area contributed by atoms with Gasteiger partial charge in [-0.05, 0) is 32.9 Å². The summed E-state index contributed by atoms with van der Waals surface area (Å²) in [6.45, 7) is 6.43. The van der Waals surface area contributed by atoms with Gasteiger partial charge >= 0.3 is 0 Å². The van der Waals surface area contributed by atoms with E-state index in [0.717, 1.165) is 12.1 Å². The van der Waals surface area contributed by atoms with Crippen molar-refractivity contribution in [1.29, 1.82) is 0 Å². The second-order valence-electron chi connectivity index (χ2n) is 4.88. The van der Waals surface area contributed by atoms with Gasteiger partial charge in [0.15, 0.2) is 0 Å². The van der Waals surface area contributed by atoms with E-state index in [1.807, 2.05) is 13.8 Å². The van der Waals surface area contributed by atoms with E-state index in [2.05, 4.69) is 15.3 Å². The van der Waals surface area contributed by atoms with Crippen LogP contribution in [0.1, 0.15) is 30.2 Å². The Hall–Kier alpha value is -2.57. The molecule has 0 aliphatic carbocycles. The van der Waals surface area contributed by atoms with Crippen molar-refractivity contribution in [1.82, 2.24) is 14.9 Å². The van der Waals surface area contributed by atoms with Gasteiger partial charge in [-0.3, -0.25) is 4.79 Å². The maximum atomic E-state index is 13.7. The first-order chi connectivity index (χ1) is 11.0. The van der Waals surface area contributed by atoms with Gasteiger partial charge in [0.05, 0.1) is 0 Å². The molecular weight excluding hydrogens is 302 g/mol. The summed E-state index contributed by atoms with van der Waals surface area (Å²) in [5.74, 6) is -1.23. The highest BCUT2D eigenvalue weighted by molar-refractivity contribution is 5.93. The number of amides is 1. The Labute approximate surface area is 133 Å². The lowest BCUT2D eigenvalue weighted by atomic mass is 10.2. The van der Waals surface area contributed by atoms with Gasteiger partial charge in [-0.25, -0.2) is 18.7 Å². The van der Waals surface area contributed by atoms with Crippen molar-refractivity contribution in [2.45, 2.75) is 20.8 Å². The summed E-state index contributed by atoms with van der Waals surface area (Å²) in [5.41, 5.74) is -0.132. The topological polar surface area (TPSA) is 58.1 Å². The third-order valence-electron chi connectivity index (χ3n) is 3.32. The second kappa shape index (κ2) is 7.13. The molecule has 1 amide bonds. The van der Waals surface area contributed by atoms with Crippen LogP contribution in [0.25, 0.3) is 0 Å². The number of aromatic nitrogens is 2. The quantitative estimate of drug-likeness (QED) is 0.918. The number of hydrogen-bond acceptors (Lipinski definition) is 4. The lowest BCUT2D eigenvalue weighted by Gasteiger charge is -2.18. The number of aryl methyl sites for hydroxylation is 1. The first kappa shape index (κ1) is 16.8. The molecule has 0 aliphatic heterocycles. The molecule has 0 spiro atoms. The van der Waals surface area contributed by atoms with Crippen LogP contribution in [0.4, 0.5) is 20.3 Å². The third-order valence-corrected chi connectivity index (χ3v) is 3.32. The van der Waals surface area contributed by atoms with Gasteiger partial charge in [0.1, 0.15) is 34.7 Å². The fourth-order valence-electron chi connectivity index (χ4n) is 2.16. The molecule has 1 N–H and O–H groups in total. The molecule has 0 saturated heterocycles. The lowest BCUT2D eigenvalue weighted by Crippen LogP contribution is -2.31. The van der Waals surface area contributed by atoms with E-state index in [9.17, 15) is 13.6 Å². The standard InChI is InChI=1S/C16H18F2N4O/c1-4-22(5-2)16(23)13-9-14(20-10(3)19-13)21-15-11(17)7-6-8-12(15)18/h6-9H,4-5H2,1-3H3,(H,19,20,21). The molecule has 0 unspecified atom stereocenters. The highest BCUT2D eigenvalue weighted by atomic mass is 19.1. The third kappa shape index (κ3) is 3.80. The van der Waals surface area contributed by atoms with Gasteiger partial charge in [0.2, 0.25) is 0 Å². The van der Waals surface area contributed by atoms with Crippen LogP contribution in [-0.2, 0) is 0 Å². The van der Waals surface area contributed by atoms with Crippen molar-refractivity contribution in [3.8, 4) is 0 Å². The molecule has 1 aromatic carbocycles. The van der Waals surface area contributed by atoms with E-state index in [1.54, 1.807) is 11.8 Å². The van der Waals surface area contributed by atoms with Crippen molar-refractivity contribution in [3.05, 3.63) is 47.4 Å². The molecule has 122 valence electrons. The number of anilines is 2. The molecular formula is C16H18F2N4O. The summed E-state index contributed by atoms with van der Waals surface area (Å²) >= 11 is 0. The van der Waals surface area contributed by atoms with Gasteiger partial charge in [-0.1, -0.05) is 6.07 Å². The SMILES string of the molecule is CCN(CC)C(=O)c1cc(Nc2c(F)cccc2F)nc(C)n1. The van der Waals surface area contributed by atoms with Crippen LogP contribution >= 0.6 is 0 Å². The zero-order chi connectivity index (χ0) is 17.0. The maximum absolute atomic E-state index is 13.7. The molecule has 0 bridgehead atoms. The average molecular weight is 320 g/mol. The molecule has 0 aliphatic rings. The fourth-order valence-corrected chi connectivity index (χ4v) is 2.16. The van der Waals surface area contributed by atoms with E-state index >= 15 is 0 Å². The molecule has 2 aromatic rings. The zero-order valence-corrected chi connectivity index (χ0v) is 13.2. The molecule has 2 rings (SSSR count). The van der Waals surface area contributed by atoms with E-state index in [0.29, 0.717) is 18.9 Å². The Balaban J connectivity index is 2.36. The van der Waals surface area contributed by atoms with Crippen LogP contribution in [-0.4, -0.2) is 33.9 Å². The summed E-state index contributed by atoms with van der Waals surface area (Å²) < 4.78 is 27.4. The Morgan fingerprint density at radius 2 is 1.78 bits per heavy atom. The highest BCUT2D eigenvalue weighted by Crippen LogP contribution is 2.22. The van der Waals surface area contributed by atoms with E-state index in [1.165, 1.54) is 12.1 Å². The van der Waals surface area contributed by atoms with E-state index < -0.39 is 11.6 Å². The van der Waals surface area contributed by atoms with Gasteiger partial charge in [0.25, 0.3) is 5.91 Å². The van der Waals surface area contributed by atoms with Crippen LogP contribution < -0.4 is 5.32 Å². The minimum atomic E-state index is -0.738. The molecule has 1 heterocycles. The Morgan fingerprint density at radius 1 is 1.17 bits per heavy atom. The molecule has 0 atom stereocenters. The van der Waals surface area contributed by atoms with Crippen molar-refractivity contribution in [2.24, 2.45) is 0 Å². The largest absolute Gasteiger partial charge is 0.338 e. The van der Waals surface area contributed by atoms with Crippen LogP contribution in [0.2, 0.25) is 0 Å². The van der Waals surface area contributed by atoms with Crippen LogP contribution in [0.3, 0.4) is 0 Å². The summed E-state index contributed by atoms with van der Waals surface area (Å²) in [4.78, 5) is 22.1. The number of hydrogen-bond donors (Lipinski definition) is 1. The molecule has 23 heavy (non-hydrogen) atoms. The Morgan fingerprint density at radius 3 is 2.35 bits per heavy atom. The minimum absolute atomic E-state index is 0.164. The molecule has 0 saturated carbocycles. The predicted octanol–water partition coefficient (Wildman–Crippen LogP) is 3.29. The molecule has 0 fully saturated rings. The van der Waals surface area contributed by atoms with Gasteiger partial charge in [-0.15, -0.1) is 0 Å². The zero-order valence-electron chi connectivity index (χ0n) is 13.2. The van der Waals surface area contributed by atoms with Crippen LogP contribution in [0.15, 0.2) is 24.3 Å². The number of nitrogens with zero attached hydrogens (tertiary/aromatic N) is 3. The number of benzene rings is 1. The number of rotatable bonds is 5. The Kier molecular flexibility index (Phi) is 5.20. The fraction of sp³-hybridized carbons (Fsp3) is 0.312. The molecule has 0 radical (unpaired) electrons. The van der Waals surface area contributed by atoms with E-state index in [-0.39, 0.29) is 23.1 Å². The maximum Gasteiger partial charge on any atom is 0.272 e. The number of carbonyl (C=O) groups excluding carboxylic acids is 1. The van der Waals surface area contributed by atoms with Crippen molar-refractivity contribution in [3.63, 3.8) is 0 Å². The second-order valence-corrected chi connectivity index (χ2v) is 4.88. The Bertz CT molecular complexity index is 697. The number of para-hydroxylation sites is 1. The predicted molar refractivity (Wildman–Crippen MR) is 83.7 cm³/mol. The summed E-state index contributed by atoms with van der Waals surface area (Å²) in [5, 5.41) is 2.58. The first-order valence-electron chi connectivity index (χ1n) is 7.32. The summed E-state index contributed by atoms with van der Waals surface area (Å²) in [6, 6.07) is 4.94. The van der Waals surface area contributed by atoms with Gasteiger partial charge in [0, 0.05) is 19.2 Å². The van der Waals surface area contributed by atoms with Gasteiger partial charge in [-0.2, -0.15) is 0 Å². The van der Waals surface area contributed by atoms with Crippen molar-refractivity contribution >= 4 is 17.4 Å². The van der Waals surface area contributed by atoms with Crippen molar-refractivity contribution in [2.75, 3.05) is 18.4 Å².